The zero-order valence-electron chi connectivity index (χ0n) is 11.2. The lowest BCUT2D eigenvalue weighted by atomic mass is 10.1. The summed E-state index contributed by atoms with van der Waals surface area (Å²) >= 11 is 3.46. The SMILES string of the molecule is CCNC(=O)C(C)NCC1Cc2cc(Br)ccc2O1. The first kappa shape index (κ1) is 14.3. The molecule has 0 radical (unpaired) electrons. The molecule has 1 aliphatic heterocycles. The fraction of sp³-hybridized carbons (Fsp3) is 0.500. The number of carbonyl (C=O) groups excluding carboxylic acids is 1. The quantitative estimate of drug-likeness (QED) is 0.868. The molecule has 104 valence electrons. The van der Waals surface area contributed by atoms with Crippen LogP contribution in [0.4, 0.5) is 0 Å². The van der Waals surface area contributed by atoms with Gasteiger partial charge in [-0.15, -0.1) is 0 Å². The lowest BCUT2D eigenvalue weighted by Gasteiger charge is -2.16. The number of amides is 1. The maximum absolute atomic E-state index is 11.6. The number of likely N-dealkylation sites (N-methyl/N-ethyl adjacent to an activating group) is 1. The van der Waals surface area contributed by atoms with Gasteiger partial charge < -0.3 is 15.4 Å². The first-order chi connectivity index (χ1) is 9.10. The van der Waals surface area contributed by atoms with Gasteiger partial charge in [0.15, 0.2) is 0 Å². The minimum absolute atomic E-state index is 0.0285. The van der Waals surface area contributed by atoms with Crippen LogP contribution in [0.25, 0.3) is 0 Å². The zero-order chi connectivity index (χ0) is 13.8. The van der Waals surface area contributed by atoms with E-state index in [-0.39, 0.29) is 18.1 Å². The predicted octanol–water partition coefficient (Wildman–Crippen LogP) is 1.87. The second-order valence-corrected chi connectivity index (χ2v) is 5.64. The number of hydrogen-bond acceptors (Lipinski definition) is 3. The lowest BCUT2D eigenvalue weighted by Crippen LogP contribution is -2.45. The van der Waals surface area contributed by atoms with Gasteiger partial charge in [-0.1, -0.05) is 15.9 Å². The molecule has 4 nitrogen and oxygen atoms in total. The monoisotopic (exact) mass is 326 g/mol. The Balaban J connectivity index is 1.82. The van der Waals surface area contributed by atoms with Gasteiger partial charge in [0.1, 0.15) is 11.9 Å². The number of fused-ring (bicyclic) bond motifs is 1. The Bertz CT molecular complexity index is 465. The Hall–Kier alpha value is -1.07. The lowest BCUT2D eigenvalue weighted by molar-refractivity contribution is -0.122. The molecule has 0 aliphatic carbocycles. The molecular weight excluding hydrogens is 308 g/mol. The molecule has 2 N–H and O–H groups in total. The molecule has 1 aliphatic rings. The van der Waals surface area contributed by atoms with Gasteiger partial charge in [-0.2, -0.15) is 0 Å². The van der Waals surface area contributed by atoms with E-state index in [1.807, 2.05) is 26.0 Å². The molecule has 5 heteroatoms. The first-order valence-electron chi connectivity index (χ1n) is 6.56. The third-order valence-corrected chi connectivity index (χ3v) is 3.65. The number of nitrogens with one attached hydrogen (secondary N) is 2. The van der Waals surface area contributed by atoms with Gasteiger partial charge in [-0.05, 0) is 37.6 Å². The molecule has 1 aromatic rings. The summed E-state index contributed by atoms with van der Waals surface area (Å²) in [4.78, 5) is 11.6. The van der Waals surface area contributed by atoms with Crippen LogP contribution in [0.2, 0.25) is 0 Å². The van der Waals surface area contributed by atoms with Gasteiger partial charge in [0.25, 0.3) is 0 Å². The minimum atomic E-state index is -0.195. The highest BCUT2D eigenvalue weighted by atomic mass is 79.9. The molecule has 1 amide bonds. The van der Waals surface area contributed by atoms with Crippen LogP contribution in [0.1, 0.15) is 19.4 Å². The predicted molar refractivity (Wildman–Crippen MR) is 78.4 cm³/mol. The Morgan fingerprint density at radius 2 is 2.37 bits per heavy atom. The van der Waals surface area contributed by atoms with Gasteiger partial charge in [0, 0.05) is 24.0 Å². The van der Waals surface area contributed by atoms with E-state index in [1.54, 1.807) is 0 Å². The van der Waals surface area contributed by atoms with Crippen LogP contribution >= 0.6 is 15.9 Å². The fourth-order valence-corrected chi connectivity index (χ4v) is 2.54. The fourth-order valence-electron chi connectivity index (χ4n) is 2.13. The summed E-state index contributed by atoms with van der Waals surface area (Å²) < 4.78 is 6.91. The molecule has 2 rings (SSSR count). The summed E-state index contributed by atoms with van der Waals surface area (Å²) in [5, 5.41) is 6.01. The number of carbonyl (C=O) groups is 1. The van der Waals surface area contributed by atoms with Crippen LogP contribution in [-0.2, 0) is 11.2 Å². The van der Waals surface area contributed by atoms with Crippen molar-refractivity contribution in [2.45, 2.75) is 32.4 Å². The summed E-state index contributed by atoms with van der Waals surface area (Å²) in [7, 11) is 0. The largest absolute Gasteiger partial charge is 0.488 e. The first-order valence-corrected chi connectivity index (χ1v) is 7.35. The van der Waals surface area contributed by atoms with Crippen LogP contribution in [0.3, 0.4) is 0 Å². The number of benzene rings is 1. The van der Waals surface area contributed by atoms with Crippen molar-refractivity contribution in [2.75, 3.05) is 13.1 Å². The van der Waals surface area contributed by atoms with Gasteiger partial charge in [-0.3, -0.25) is 4.79 Å². The standard InChI is InChI=1S/C14H19BrN2O2/c1-3-16-14(18)9(2)17-8-12-7-10-6-11(15)4-5-13(10)19-12/h4-6,9,12,17H,3,7-8H2,1-2H3,(H,16,18). The number of halogens is 1. The number of rotatable bonds is 5. The highest BCUT2D eigenvalue weighted by Gasteiger charge is 2.24. The van der Waals surface area contributed by atoms with E-state index >= 15 is 0 Å². The third kappa shape index (κ3) is 3.70. The summed E-state index contributed by atoms with van der Waals surface area (Å²) in [6.45, 7) is 5.11. The smallest absolute Gasteiger partial charge is 0.236 e. The topological polar surface area (TPSA) is 50.4 Å². The van der Waals surface area contributed by atoms with Crippen LogP contribution in [-0.4, -0.2) is 31.1 Å². The maximum atomic E-state index is 11.6. The second-order valence-electron chi connectivity index (χ2n) is 4.72. The van der Waals surface area contributed by atoms with E-state index < -0.39 is 0 Å². The van der Waals surface area contributed by atoms with Crippen molar-refractivity contribution in [3.05, 3.63) is 28.2 Å². The molecule has 2 atom stereocenters. The molecule has 2 unspecified atom stereocenters. The number of ether oxygens (including phenoxy) is 1. The van der Waals surface area contributed by atoms with Crippen molar-refractivity contribution in [2.24, 2.45) is 0 Å². The van der Waals surface area contributed by atoms with Crippen molar-refractivity contribution in [3.63, 3.8) is 0 Å². The molecule has 0 saturated carbocycles. The Kier molecular flexibility index (Phi) is 4.82. The van der Waals surface area contributed by atoms with E-state index in [2.05, 4.69) is 32.6 Å². The Labute approximate surface area is 122 Å². The third-order valence-electron chi connectivity index (χ3n) is 3.16. The summed E-state index contributed by atoms with van der Waals surface area (Å²) in [5.41, 5.74) is 1.21. The maximum Gasteiger partial charge on any atom is 0.236 e. The van der Waals surface area contributed by atoms with Gasteiger partial charge in [0.2, 0.25) is 5.91 Å². The minimum Gasteiger partial charge on any atom is -0.488 e. The van der Waals surface area contributed by atoms with Crippen LogP contribution in [0, 0.1) is 0 Å². The second kappa shape index (κ2) is 6.39. The van der Waals surface area contributed by atoms with Crippen molar-refractivity contribution < 1.29 is 9.53 Å². The van der Waals surface area contributed by atoms with Crippen molar-refractivity contribution >= 4 is 21.8 Å². The molecule has 0 bridgehead atoms. The molecule has 19 heavy (non-hydrogen) atoms. The molecule has 0 fully saturated rings. The van der Waals surface area contributed by atoms with Crippen molar-refractivity contribution in [3.8, 4) is 5.75 Å². The van der Waals surface area contributed by atoms with E-state index in [9.17, 15) is 4.79 Å². The van der Waals surface area contributed by atoms with E-state index in [0.29, 0.717) is 13.1 Å². The normalized spacial score (nSPS) is 18.6. The Morgan fingerprint density at radius 1 is 1.58 bits per heavy atom. The van der Waals surface area contributed by atoms with Crippen molar-refractivity contribution in [1.29, 1.82) is 0 Å². The summed E-state index contributed by atoms with van der Waals surface area (Å²) in [6, 6.07) is 5.85. The molecule has 0 spiro atoms. The summed E-state index contributed by atoms with van der Waals surface area (Å²) in [6.07, 6.45) is 0.977. The number of hydrogen-bond donors (Lipinski definition) is 2. The van der Waals surface area contributed by atoms with Crippen LogP contribution in [0.5, 0.6) is 5.75 Å². The van der Waals surface area contributed by atoms with Crippen LogP contribution < -0.4 is 15.4 Å². The Morgan fingerprint density at radius 3 is 3.11 bits per heavy atom. The van der Waals surface area contributed by atoms with Crippen LogP contribution in [0.15, 0.2) is 22.7 Å². The molecule has 0 saturated heterocycles. The van der Waals surface area contributed by atoms with E-state index in [0.717, 1.165) is 16.6 Å². The van der Waals surface area contributed by atoms with Crippen molar-refractivity contribution in [1.82, 2.24) is 10.6 Å². The van der Waals surface area contributed by atoms with E-state index in [1.165, 1.54) is 5.56 Å². The summed E-state index contributed by atoms with van der Waals surface area (Å²) in [5.74, 6) is 0.974. The molecule has 1 aromatic carbocycles. The molecular formula is C14H19BrN2O2. The van der Waals surface area contributed by atoms with E-state index in [4.69, 9.17) is 4.74 Å². The zero-order valence-corrected chi connectivity index (χ0v) is 12.8. The van der Waals surface area contributed by atoms with Gasteiger partial charge in [0.05, 0.1) is 6.04 Å². The molecule has 1 heterocycles. The highest BCUT2D eigenvalue weighted by molar-refractivity contribution is 9.10. The average Bonchev–Trinajstić information content (AvgIpc) is 2.78. The van der Waals surface area contributed by atoms with Gasteiger partial charge >= 0.3 is 0 Å². The highest BCUT2D eigenvalue weighted by Crippen LogP contribution is 2.30. The average molecular weight is 327 g/mol. The molecule has 0 aromatic heterocycles. The van der Waals surface area contributed by atoms with Gasteiger partial charge in [-0.25, -0.2) is 0 Å².